The molecule has 0 amide bonds. The maximum atomic E-state index is 9.22. The first-order valence-corrected chi connectivity index (χ1v) is 7.41. The number of benzene rings is 2. The molecule has 3 aromatic rings. The fourth-order valence-corrected chi connectivity index (χ4v) is 1.91. The van der Waals surface area contributed by atoms with E-state index in [-0.39, 0.29) is 11.5 Å². The summed E-state index contributed by atoms with van der Waals surface area (Å²) in [5, 5.41) is 33.4. The summed E-state index contributed by atoms with van der Waals surface area (Å²) in [5.74, 6) is 1.54. The molecule has 1 heterocycles. The van der Waals surface area contributed by atoms with Gasteiger partial charge in [0.2, 0.25) is 0 Å². The lowest BCUT2D eigenvalue weighted by atomic mass is 10.2. The Morgan fingerprint density at radius 2 is 1.32 bits per heavy atom. The second kappa shape index (κ2) is 7.64. The third-order valence-corrected chi connectivity index (χ3v) is 3.16. The number of phenols is 2. The Morgan fingerprint density at radius 1 is 0.800 bits per heavy atom. The quantitative estimate of drug-likeness (QED) is 0.350. The average molecular weight is 336 g/mol. The maximum Gasteiger partial charge on any atom is 0.170 e. The number of aromatic nitrogens is 2. The van der Waals surface area contributed by atoms with E-state index in [0.717, 1.165) is 11.1 Å². The summed E-state index contributed by atoms with van der Waals surface area (Å²) >= 11 is 0. The van der Waals surface area contributed by atoms with Crippen molar-refractivity contribution in [2.45, 2.75) is 0 Å². The van der Waals surface area contributed by atoms with Crippen LogP contribution in [0.2, 0.25) is 0 Å². The molecule has 0 bridgehead atoms. The number of aromatic hydroxyl groups is 2. The number of aromatic amines is 1. The second-order valence-electron chi connectivity index (χ2n) is 5.09. The molecule has 3 rings (SSSR count). The van der Waals surface area contributed by atoms with E-state index < -0.39 is 0 Å². The SMILES string of the molecule is Oc1ccc(/C=N/Nc2cc(N/N=C/c3ccc(O)cc3)[nH]n2)cc1. The van der Waals surface area contributed by atoms with Crippen LogP contribution in [-0.2, 0) is 0 Å². The van der Waals surface area contributed by atoms with Crippen LogP contribution >= 0.6 is 0 Å². The Hall–Kier alpha value is -3.81. The lowest BCUT2D eigenvalue weighted by molar-refractivity contribution is 0.475. The zero-order chi connectivity index (χ0) is 17.5. The summed E-state index contributed by atoms with van der Waals surface area (Å²) in [6.07, 6.45) is 3.24. The van der Waals surface area contributed by atoms with E-state index in [0.29, 0.717) is 11.6 Å². The smallest absolute Gasteiger partial charge is 0.170 e. The highest BCUT2D eigenvalue weighted by molar-refractivity contribution is 5.81. The van der Waals surface area contributed by atoms with E-state index in [1.807, 2.05) is 0 Å². The third kappa shape index (κ3) is 4.83. The topological polar surface area (TPSA) is 118 Å². The molecule has 2 aromatic carbocycles. The van der Waals surface area contributed by atoms with Crippen molar-refractivity contribution in [1.29, 1.82) is 0 Å². The van der Waals surface area contributed by atoms with Crippen molar-refractivity contribution in [3.63, 3.8) is 0 Å². The number of hydrazone groups is 2. The van der Waals surface area contributed by atoms with Gasteiger partial charge in [0.1, 0.15) is 17.3 Å². The molecule has 0 aliphatic carbocycles. The van der Waals surface area contributed by atoms with Gasteiger partial charge in [0.05, 0.1) is 12.4 Å². The fraction of sp³-hybridized carbons (Fsp3) is 0. The normalized spacial score (nSPS) is 11.2. The van der Waals surface area contributed by atoms with Crippen LogP contribution in [0, 0.1) is 0 Å². The first kappa shape index (κ1) is 16.1. The van der Waals surface area contributed by atoms with Gasteiger partial charge in [-0.25, -0.2) is 0 Å². The van der Waals surface area contributed by atoms with Crippen LogP contribution in [0.3, 0.4) is 0 Å². The van der Waals surface area contributed by atoms with Gasteiger partial charge >= 0.3 is 0 Å². The number of anilines is 2. The molecule has 0 saturated carbocycles. The van der Waals surface area contributed by atoms with Crippen molar-refractivity contribution in [2.75, 3.05) is 10.9 Å². The highest BCUT2D eigenvalue weighted by Gasteiger charge is 1.98. The summed E-state index contributed by atoms with van der Waals surface area (Å²) in [7, 11) is 0. The van der Waals surface area contributed by atoms with Gasteiger partial charge in [-0.05, 0) is 59.7 Å². The zero-order valence-electron chi connectivity index (χ0n) is 13.1. The molecule has 25 heavy (non-hydrogen) atoms. The fourth-order valence-electron chi connectivity index (χ4n) is 1.91. The van der Waals surface area contributed by atoms with Gasteiger partial charge in [0.15, 0.2) is 5.82 Å². The van der Waals surface area contributed by atoms with E-state index in [1.165, 1.54) is 0 Å². The van der Waals surface area contributed by atoms with Gasteiger partial charge in [-0.3, -0.25) is 16.0 Å². The molecular weight excluding hydrogens is 320 g/mol. The Morgan fingerprint density at radius 3 is 1.88 bits per heavy atom. The lowest BCUT2D eigenvalue weighted by Gasteiger charge is -1.95. The van der Waals surface area contributed by atoms with Crippen molar-refractivity contribution in [2.24, 2.45) is 10.2 Å². The van der Waals surface area contributed by atoms with Gasteiger partial charge in [0, 0.05) is 6.07 Å². The number of hydrogen-bond acceptors (Lipinski definition) is 7. The van der Waals surface area contributed by atoms with E-state index in [1.54, 1.807) is 67.0 Å². The van der Waals surface area contributed by atoms with Crippen LogP contribution < -0.4 is 10.9 Å². The number of nitrogens with zero attached hydrogens (tertiary/aromatic N) is 3. The van der Waals surface area contributed by atoms with Gasteiger partial charge in [-0.1, -0.05) is 0 Å². The van der Waals surface area contributed by atoms with E-state index in [2.05, 4.69) is 31.3 Å². The minimum atomic E-state index is 0.209. The number of hydrogen-bond donors (Lipinski definition) is 5. The van der Waals surface area contributed by atoms with Crippen molar-refractivity contribution < 1.29 is 10.2 Å². The van der Waals surface area contributed by atoms with Crippen molar-refractivity contribution in [1.82, 2.24) is 10.2 Å². The third-order valence-electron chi connectivity index (χ3n) is 3.16. The van der Waals surface area contributed by atoms with Crippen molar-refractivity contribution >= 4 is 24.1 Å². The molecule has 0 atom stereocenters. The largest absolute Gasteiger partial charge is 0.508 e. The second-order valence-corrected chi connectivity index (χ2v) is 5.09. The summed E-state index contributed by atoms with van der Waals surface area (Å²) in [6, 6.07) is 15.1. The molecule has 0 aliphatic rings. The maximum absolute atomic E-state index is 9.22. The van der Waals surface area contributed by atoms with Crippen LogP contribution in [0.15, 0.2) is 64.8 Å². The predicted molar refractivity (Wildman–Crippen MR) is 97.2 cm³/mol. The molecular formula is C17H16N6O2. The van der Waals surface area contributed by atoms with Crippen molar-refractivity contribution in [3.8, 4) is 11.5 Å². The minimum absolute atomic E-state index is 0.209. The Bertz CT molecular complexity index is 797. The first-order valence-electron chi connectivity index (χ1n) is 7.41. The Balaban J connectivity index is 1.51. The molecule has 8 nitrogen and oxygen atoms in total. The molecule has 0 saturated heterocycles. The highest BCUT2D eigenvalue weighted by atomic mass is 16.3. The van der Waals surface area contributed by atoms with Gasteiger partial charge in [0.25, 0.3) is 0 Å². The van der Waals surface area contributed by atoms with Gasteiger partial charge < -0.3 is 10.2 Å². The molecule has 5 N–H and O–H groups in total. The molecule has 0 aliphatic heterocycles. The summed E-state index contributed by atoms with van der Waals surface area (Å²) < 4.78 is 0. The van der Waals surface area contributed by atoms with E-state index >= 15 is 0 Å². The molecule has 0 unspecified atom stereocenters. The average Bonchev–Trinajstić information content (AvgIpc) is 3.06. The van der Waals surface area contributed by atoms with Gasteiger partial charge in [-0.2, -0.15) is 15.3 Å². The molecule has 8 heteroatoms. The van der Waals surface area contributed by atoms with Gasteiger partial charge in [-0.15, -0.1) is 0 Å². The molecule has 0 radical (unpaired) electrons. The number of nitrogens with one attached hydrogen (secondary N) is 3. The summed E-state index contributed by atoms with van der Waals surface area (Å²) in [4.78, 5) is 0. The van der Waals surface area contributed by atoms with Crippen LogP contribution in [0.1, 0.15) is 11.1 Å². The summed E-state index contributed by atoms with van der Waals surface area (Å²) in [6.45, 7) is 0. The standard InChI is InChI=1S/C17H16N6O2/c24-14-5-1-12(2-6-14)10-18-20-16-9-17(23-22-16)21-19-11-13-3-7-15(25)8-4-13/h1-11,24-25H,(H3,20,21,22,23)/b18-10+,19-11+. The number of phenolic OH excluding ortho intramolecular Hbond substituents is 2. The van der Waals surface area contributed by atoms with Crippen LogP contribution in [0.4, 0.5) is 11.6 Å². The lowest BCUT2D eigenvalue weighted by Crippen LogP contribution is -1.90. The monoisotopic (exact) mass is 336 g/mol. The zero-order valence-corrected chi connectivity index (χ0v) is 13.1. The predicted octanol–water partition coefficient (Wildman–Crippen LogP) is 2.71. The van der Waals surface area contributed by atoms with E-state index in [4.69, 9.17) is 0 Å². The highest BCUT2D eigenvalue weighted by Crippen LogP contribution is 2.11. The Kier molecular flexibility index (Phi) is 4.91. The first-order chi connectivity index (χ1) is 12.2. The van der Waals surface area contributed by atoms with Crippen LogP contribution in [0.25, 0.3) is 0 Å². The Labute approximate surface area is 143 Å². The number of H-pyrrole nitrogens is 1. The van der Waals surface area contributed by atoms with Crippen LogP contribution in [0.5, 0.6) is 11.5 Å². The molecule has 0 spiro atoms. The van der Waals surface area contributed by atoms with Crippen LogP contribution in [-0.4, -0.2) is 32.8 Å². The summed E-state index contributed by atoms with van der Waals surface area (Å²) in [5.41, 5.74) is 7.29. The molecule has 0 fully saturated rings. The van der Waals surface area contributed by atoms with E-state index in [9.17, 15) is 10.2 Å². The molecule has 1 aromatic heterocycles. The number of rotatable bonds is 6. The minimum Gasteiger partial charge on any atom is -0.508 e. The molecule has 126 valence electrons. The van der Waals surface area contributed by atoms with Crippen molar-refractivity contribution in [3.05, 3.63) is 65.7 Å².